The topological polar surface area (TPSA) is 66.4 Å². The summed E-state index contributed by atoms with van der Waals surface area (Å²) in [4.78, 5) is 19.6. The zero-order valence-corrected chi connectivity index (χ0v) is 15.4. The number of carboxylic acid groups (broad SMARTS) is 1. The van der Waals surface area contributed by atoms with Crippen molar-refractivity contribution < 1.29 is 14.7 Å². The molecule has 4 heteroatoms. The zero-order valence-electron chi connectivity index (χ0n) is 15.4. The fourth-order valence-electron chi connectivity index (χ4n) is 1.35. The van der Waals surface area contributed by atoms with Crippen LogP contribution in [0.15, 0.2) is 13.2 Å². The maximum absolute atomic E-state index is 11.2. The van der Waals surface area contributed by atoms with E-state index in [9.17, 15) is 4.79 Å². The number of carbonyl (C=O) groups excluding carboxylic acids is 1. The van der Waals surface area contributed by atoms with Crippen molar-refractivity contribution in [1.82, 2.24) is 5.32 Å². The highest BCUT2D eigenvalue weighted by molar-refractivity contribution is 5.78. The van der Waals surface area contributed by atoms with Crippen molar-refractivity contribution >= 4 is 12.3 Å². The summed E-state index contributed by atoms with van der Waals surface area (Å²) in [5.41, 5.74) is 0. The first-order valence-corrected chi connectivity index (χ1v) is 7.92. The normalized spacial score (nSPS) is 8.32. The van der Waals surface area contributed by atoms with Gasteiger partial charge in [-0.3, -0.25) is 9.59 Å². The largest absolute Gasteiger partial charge is 0.483 e. The van der Waals surface area contributed by atoms with Gasteiger partial charge in [0.1, 0.15) is 5.78 Å². The first-order valence-electron chi connectivity index (χ1n) is 7.92. The van der Waals surface area contributed by atoms with E-state index in [2.05, 4.69) is 25.4 Å². The first-order chi connectivity index (χ1) is 10.2. The highest BCUT2D eigenvalue weighted by atomic mass is 16.3. The molecule has 0 bridgehead atoms. The molecule has 0 aromatic heterocycles. The molecule has 1 atom stereocenters. The van der Waals surface area contributed by atoms with Crippen molar-refractivity contribution in [3.63, 3.8) is 0 Å². The maximum Gasteiger partial charge on any atom is 0.290 e. The van der Waals surface area contributed by atoms with E-state index in [0.29, 0.717) is 18.2 Å². The maximum atomic E-state index is 11.2. The Balaban J connectivity index is -0.0000000542. The second-order valence-electron chi connectivity index (χ2n) is 3.37. The predicted octanol–water partition coefficient (Wildman–Crippen LogP) is 5.33. The molecule has 22 heavy (non-hydrogen) atoms. The Hall–Kier alpha value is -1.16. The average molecular weight is 322 g/mol. The third-order valence-electron chi connectivity index (χ3n) is 2.05. The Labute approximate surface area is 140 Å². The van der Waals surface area contributed by atoms with Crippen LogP contribution in [0.2, 0.25) is 0 Å². The monoisotopic (exact) mass is 321 g/mol. The highest BCUT2D eigenvalue weighted by Gasteiger charge is 2.09. The van der Waals surface area contributed by atoms with Gasteiger partial charge in [-0.1, -0.05) is 55.4 Å². The molecule has 0 radical (unpaired) electrons. The molecule has 0 aromatic rings. The average Bonchev–Trinajstić information content (AvgIpc) is 2.54. The molecule has 0 aliphatic heterocycles. The van der Waals surface area contributed by atoms with Gasteiger partial charge < -0.3 is 10.4 Å². The standard InChI is InChI=1S/C10H21NO.2C2H6.C2H4.CH2O2.CH4/c1-4-6-9(11-3)8-10(12)7-5-2;3*1-2;2-1-3;/h9,11H,4-8H2,1-3H3;2*1-2H3;1-2H2;1H,(H,2,3);1H4. The molecule has 0 spiro atoms. The summed E-state index contributed by atoms with van der Waals surface area (Å²) in [6.07, 6.45) is 4.67. The van der Waals surface area contributed by atoms with Gasteiger partial charge in [-0.2, -0.15) is 0 Å². The fraction of sp³-hybridized carbons (Fsp3) is 0.778. The molecule has 4 nitrogen and oxygen atoms in total. The van der Waals surface area contributed by atoms with Crippen LogP contribution in [-0.4, -0.2) is 30.5 Å². The van der Waals surface area contributed by atoms with Gasteiger partial charge in [-0.15, -0.1) is 13.2 Å². The molecule has 1 unspecified atom stereocenters. The van der Waals surface area contributed by atoms with Crippen LogP contribution in [0.25, 0.3) is 0 Å². The van der Waals surface area contributed by atoms with Crippen molar-refractivity contribution in [2.24, 2.45) is 0 Å². The van der Waals surface area contributed by atoms with Crippen molar-refractivity contribution in [2.45, 2.75) is 87.1 Å². The predicted molar refractivity (Wildman–Crippen MR) is 102 cm³/mol. The number of ketones is 1. The summed E-state index contributed by atoms with van der Waals surface area (Å²) in [5, 5.41) is 10.1. The second kappa shape index (κ2) is 50.2. The lowest BCUT2D eigenvalue weighted by Gasteiger charge is -2.13. The van der Waals surface area contributed by atoms with E-state index in [1.807, 2.05) is 41.7 Å². The van der Waals surface area contributed by atoms with E-state index in [4.69, 9.17) is 9.90 Å². The zero-order chi connectivity index (χ0) is 18.1. The minimum absolute atomic E-state index is 0. The summed E-state index contributed by atoms with van der Waals surface area (Å²) in [6.45, 7) is 17.9. The lowest BCUT2D eigenvalue weighted by Crippen LogP contribution is -2.27. The van der Waals surface area contributed by atoms with E-state index in [0.717, 1.165) is 25.7 Å². The molecule has 138 valence electrons. The Kier molecular flexibility index (Phi) is 85.1. The van der Waals surface area contributed by atoms with Gasteiger partial charge in [0.05, 0.1) is 0 Å². The summed E-state index contributed by atoms with van der Waals surface area (Å²) < 4.78 is 0. The fourth-order valence-corrected chi connectivity index (χ4v) is 1.35. The smallest absolute Gasteiger partial charge is 0.290 e. The minimum Gasteiger partial charge on any atom is -0.483 e. The molecule has 0 amide bonds. The molecule has 0 aliphatic rings. The van der Waals surface area contributed by atoms with Gasteiger partial charge >= 0.3 is 0 Å². The van der Waals surface area contributed by atoms with Crippen LogP contribution in [0.4, 0.5) is 0 Å². The van der Waals surface area contributed by atoms with Crippen LogP contribution in [0.3, 0.4) is 0 Å². The Morgan fingerprint density at radius 1 is 1.14 bits per heavy atom. The van der Waals surface area contributed by atoms with Gasteiger partial charge in [0, 0.05) is 18.9 Å². The van der Waals surface area contributed by atoms with E-state index in [1.54, 1.807) is 0 Å². The molecule has 2 N–H and O–H groups in total. The van der Waals surface area contributed by atoms with Gasteiger partial charge in [0.15, 0.2) is 0 Å². The third-order valence-corrected chi connectivity index (χ3v) is 2.05. The van der Waals surface area contributed by atoms with Crippen molar-refractivity contribution in [3.05, 3.63) is 13.2 Å². The molecule has 0 aromatic carbocycles. The Bertz CT molecular complexity index is 174. The minimum atomic E-state index is -0.250. The number of Topliss-reactive ketones (excluding diaryl/α,β-unsaturated/α-hetero) is 1. The lowest BCUT2D eigenvalue weighted by atomic mass is 10.0. The van der Waals surface area contributed by atoms with Gasteiger partial charge in [-0.25, -0.2) is 0 Å². The van der Waals surface area contributed by atoms with Crippen molar-refractivity contribution in [3.8, 4) is 0 Å². The van der Waals surface area contributed by atoms with E-state index in [1.165, 1.54) is 0 Å². The molecule has 0 heterocycles. The van der Waals surface area contributed by atoms with Crippen molar-refractivity contribution in [1.29, 1.82) is 0 Å². The van der Waals surface area contributed by atoms with E-state index in [-0.39, 0.29) is 13.9 Å². The Morgan fingerprint density at radius 3 is 1.73 bits per heavy atom. The van der Waals surface area contributed by atoms with E-state index < -0.39 is 0 Å². The highest BCUT2D eigenvalue weighted by Crippen LogP contribution is 2.04. The lowest BCUT2D eigenvalue weighted by molar-refractivity contribution is -0.123. The number of rotatable bonds is 7. The van der Waals surface area contributed by atoms with Crippen LogP contribution in [-0.2, 0) is 9.59 Å². The molecular weight excluding hydrogens is 278 g/mol. The first kappa shape index (κ1) is 37.2. The summed E-state index contributed by atoms with van der Waals surface area (Å²) in [7, 11) is 1.93. The molecule has 0 saturated carbocycles. The SMILES string of the molecule is C.C=C.CC.CC.CCCC(=O)CC(CCC)NC.O=CO. The van der Waals surface area contributed by atoms with Gasteiger partial charge in [0.25, 0.3) is 6.47 Å². The molecular formula is C18H43NO3. The molecule has 0 saturated heterocycles. The number of hydrogen-bond donors (Lipinski definition) is 2. The number of nitrogens with one attached hydrogen (secondary N) is 1. The van der Waals surface area contributed by atoms with Crippen LogP contribution >= 0.6 is 0 Å². The van der Waals surface area contributed by atoms with Crippen LogP contribution in [0, 0.1) is 0 Å². The van der Waals surface area contributed by atoms with E-state index >= 15 is 0 Å². The third kappa shape index (κ3) is 51.0. The van der Waals surface area contributed by atoms with Crippen LogP contribution in [0.5, 0.6) is 0 Å². The summed E-state index contributed by atoms with van der Waals surface area (Å²) in [6, 6.07) is 0.397. The summed E-state index contributed by atoms with van der Waals surface area (Å²) in [5.74, 6) is 0.394. The number of hydrogen-bond acceptors (Lipinski definition) is 3. The van der Waals surface area contributed by atoms with Crippen LogP contribution in [0.1, 0.15) is 81.1 Å². The molecule has 0 aliphatic carbocycles. The second-order valence-corrected chi connectivity index (χ2v) is 3.37. The molecule has 0 rings (SSSR count). The quantitative estimate of drug-likeness (QED) is 0.491. The molecule has 0 fully saturated rings. The Morgan fingerprint density at radius 2 is 1.50 bits per heavy atom. The van der Waals surface area contributed by atoms with Crippen molar-refractivity contribution in [2.75, 3.05) is 7.05 Å². The summed E-state index contributed by atoms with van der Waals surface area (Å²) >= 11 is 0. The van der Waals surface area contributed by atoms with Gasteiger partial charge in [0.2, 0.25) is 0 Å². The van der Waals surface area contributed by atoms with Crippen LogP contribution < -0.4 is 5.32 Å². The van der Waals surface area contributed by atoms with Gasteiger partial charge in [-0.05, 0) is 19.9 Å². The number of carbonyl (C=O) groups is 2.